The minimum absolute atomic E-state index is 0.153. The number of anilines is 1. The summed E-state index contributed by atoms with van der Waals surface area (Å²) in [5.41, 5.74) is 5.44. The zero-order chi connectivity index (χ0) is 14.0. The Labute approximate surface area is 107 Å². The second-order valence-electron chi connectivity index (χ2n) is 4.40. The van der Waals surface area contributed by atoms with E-state index in [-0.39, 0.29) is 23.2 Å². The number of halogens is 3. The average molecular weight is 274 g/mol. The van der Waals surface area contributed by atoms with E-state index >= 15 is 0 Å². The maximum absolute atomic E-state index is 12.0. The van der Waals surface area contributed by atoms with Crippen LogP contribution in [-0.2, 0) is 0 Å². The number of nitrogens with two attached hydrogens (primary N) is 1. The Bertz CT molecular complexity index is 484. The van der Waals surface area contributed by atoms with Crippen molar-refractivity contribution in [1.82, 2.24) is 5.32 Å². The molecule has 0 bridgehead atoms. The highest BCUT2D eigenvalue weighted by Gasteiger charge is 2.32. The molecule has 7 heteroatoms. The van der Waals surface area contributed by atoms with Crippen LogP contribution < -0.4 is 15.8 Å². The first-order valence-corrected chi connectivity index (χ1v) is 5.81. The molecule has 2 rings (SSSR count). The summed E-state index contributed by atoms with van der Waals surface area (Å²) in [5, 5.41) is 2.77. The monoisotopic (exact) mass is 274 g/mol. The van der Waals surface area contributed by atoms with Gasteiger partial charge in [0.2, 0.25) is 0 Å². The van der Waals surface area contributed by atoms with Crippen molar-refractivity contribution < 1.29 is 22.7 Å². The average Bonchev–Trinajstić information content (AvgIpc) is 2.24. The Hall–Kier alpha value is -1.92. The number of ether oxygens (including phenoxy) is 1. The highest BCUT2D eigenvalue weighted by atomic mass is 19.4. The first-order chi connectivity index (χ1) is 8.85. The minimum atomic E-state index is -4.80. The maximum atomic E-state index is 12.0. The third-order valence-electron chi connectivity index (χ3n) is 2.94. The third kappa shape index (κ3) is 3.52. The fourth-order valence-electron chi connectivity index (χ4n) is 1.73. The van der Waals surface area contributed by atoms with E-state index in [1.165, 1.54) is 12.1 Å². The van der Waals surface area contributed by atoms with Crippen LogP contribution in [0.3, 0.4) is 0 Å². The number of alkyl halides is 3. The molecular weight excluding hydrogens is 261 g/mol. The fourth-order valence-corrected chi connectivity index (χ4v) is 1.73. The molecule has 1 aliphatic rings. The number of hydrogen-bond acceptors (Lipinski definition) is 3. The number of rotatable bonds is 3. The van der Waals surface area contributed by atoms with Crippen LogP contribution in [0, 0.1) is 0 Å². The second-order valence-corrected chi connectivity index (χ2v) is 4.40. The zero-order valence-electron chi connectivity index (χ0n) is 9.96. The molecule has 1 fully saturated rings. The van der Waals surface area contributed by atoms with Gasteiger partial charge in [0.1, 0.15) is 0 Å². The lowest BCUT2D eigenvalue weighted by Crippen LogP contribution is -2.39. The van der Waals surface area contributed by atoms with Gasteiger partial charge in [-0.3, -0.25) is 4.79 Å². The molecule has 0 saturated heterocycles. The molecule has 1 aromatic carbocycles. The lowest BCUT2D eigenvalue weighted by molar-refractivity contribution is -0.274. The summed E-state index contributed by atoms with van der Waals surface area (Å²) in [6.07, 6.45) is -1.87. The topological polar surface area (TPSA) is 64.4 Å². The molecule has 1 aromatic rings. The molecule has 19 heavy (non-hydrogen) atoms. The molecule has 3 N–H and O–H groups in total. The van der Waals surface area contributed by atoms with E-state index in [1.807, 2.05) is 0 Å². The van der Waals surface area contributed by atoms with Gasteiger partial charge >= 0.3 is 6.36 Å². The van der Waals surface area contributed by atoms with Gasteiger partial charge in [0.15, 0.2) is 5.75 Å². The van der Waals surface area contributed by atoms with Crippen molar-refractivity contribution in [2.24, 2.45) is 0 Å². The molecule has 0 atom stereocenters. The summed E-state index contributed by atoms with van der Waals surface area (Å²) >= 11 is 0. The fraction of sp³-hybridized carbons (Fsp3) is 0.417. The van der Waals surface area contributed by atoms with E-state index in [0.717, 1.165) is 25.3 Å². The quantitative estimate of drug-likeness (QED) is 0.832. The Kier molecular flexibility index (Phi) is 3.55. The van der Waals surface area contributed by atoms with Gasteiger partial charge in [-0.15, -0.1) is 13.2 Å². The summed E-state index contributed by atoms with van der Waals surface area (Å²) in [6, 6.07) is 3.62. The van der Waals surface area contributed by atoms with Gasteiger partial charge in [0.05, 0.1) is 5.69 Å². The molecule has 0 spiro atoms. The van der Waals surface area contributed by atoms with Crippen LogP contribution >= 0.6 is 0 Å². The summed E-state index contributed by atoms with van der Waals surface area (Å²) in [5.74, 6) is -0.845. The number of amides is 1. The first-order valence-electron chi connectivity index (χ1n) is 5.81. The van der Waals surface area contributed by atoms with E-state index in [4.69, 9.17) is 5.73 Å². The van der Waals surface area contributed by atoms with Crippen molar-refractivity contribution >= 4 is 11.6 Å². The predicted molar refractivity (Wildman–Crippen MR) is 62.6 cm³/mol. The largest absolute Gasteiger partial charge is 0.573 e. The Morgan fingerprint density at radius 3 is 2.53 bits per heavy atom. The third-order valence-corrected chi connectivity index (χ3v) is 2.94. The number of carbonyl (C=O) groups is 1. The van der Waals surface area contributed by atoms with Crippen LogP contribution in [-0.4, -0.2) is 18.3 Å². The number of hydrogen-bond donors (Lipinski definition) is 2. The van der Waals surface area contributed by atoms with Crippen LogP contribution in [0.2, 0.25) is 0 Å². The Morgan fingerprint density at radius 2 is 2.05 bits per heavy atom. The van der Waals surface area contributed by atoms with Crippen molar-refractivity contribution in [2.75, 3.05) is 5.73 Å². The SMILES string of the molecule is Nc1cc(C(=O)NC2CCC2)ccc1OC(F)(F)F. The standard InChI is InChI=1S/C12H13F3N2O2/c13-12(14,15)19-10-5-4-7(6-9(10)16)11(18)17-8-2-1-3-8/h4-6,8H,1-3,16H2,(H,17,18). The van der Waals surface area contributed by atoms with Crippen LogP contribution in [0.5, 0.6) is 5.75 Å². The number of nitrogens with one attached hydrogen (secondary N) is 1. The highest BCUT2D eigenvalue weighted by molar-refractivity contribution is 5.95. The minimum Gasteiger partial charge on any atom is -0.404 e. The molecule has 4 nitrogen and oxygen atoms in total. The normalized spacial score (nSPS) is 15.7. The lowest BCUT2D eigenvalue weighted by Gasteiger charge is -2.26. The van der Waals surface area contributed by atoms with Gasteiger partial charge < -0.3 is 15.8 Å². The van der Waals surface area contributed by atoms with Crippen LogP contribution in [0.15, 0.2) is 18.2 Å². The van der Waals surface area contributed by atoms with Gasteiger partial charge in [-0.1, -0.05) is 0 Å². The zero-order valence-corrected chi connectivity index (χ0v) is 9.96. The number of benzene rings is 1. The van der Waals surface area contributed by atoms with E-state index in [1.54, 1.807) is 0 Å². The van der Waals surface area contributed by atoms with E-state index in [0.29, 0.717) is 0 Å². The molecule has 1 saturated carbocycles. The van der Waals surface area contributed by atoms with Crippen molar-refractivity contribution in [3.05, 3.63) is 23.8 Å². The molecule has 104 valence electrons. The van der Waals surface area contributed by atoms with Crippen LogP contribution in [0.25, 0.3) is 0 Å². The highest BCUT2D eigenvalue weighted by Crippen LogP contribution is 2.29. The van der Waals surface area contributed by atoms with Gasteiger partial charge in [0, 0.05) is 11.6 Å². The maximum Gasteiger partial charge on any atom is 0.573 e. The van der Waals surface area contributed by atoms with E-state index < -0.39 is 12.1 Å². The van der Waals surface area contributed by atoms with E-state index in [2.05, 4.69) is 10.1 Å². The van der Waals surface area contributed by atoms with Crippen molar-refractivity contribution in [1.29, 1.82) is 0 Å². The summed E-state index contributed by atoms with van der Waals surface area (Å²) < 4.78 is 39.9. The van der Waals surface area contributed by atoms with Crippen molar-refractivity contribution in [2.45, 2.75) is 31.7 Å². The molecule has 0 unspecified atom stereocenters. The molecule has 0 aliphatic heterocycles. The predicted octanol–water partition coefficient (Wildman–Crippen LogP) is 2.45. The number of nitrogen functional groups attached to an aromatic ring is 1. The van der Waals surface area contributed by atoms with Crippen molar-refractivity contribution in [3.8, 4) is 5.75 Å². The molecule has 0 heterocycles. The van der Waals surface area contributed by atoms with Gasteiger partial charge in [0.25, 0.3) is 5.91 Å². The summed E-state index contributed by atoms with van der Waals surface area (Å²) in [6.45, 7) is 0. The summed E-state index contributed by atoms with van der Waals surface area (Å²) in [4.78, 5) is 11.8. The second kappa shape index (κ2) is 4.99. The van der Waals surface area contributed by atoms with Gasteiger partial charge in [-0.25, -0.2) is 0 Å². The molecule has 0 aromatic heterocycles. The molecule has 1 aliphatic carbocycles. The Balaban J connectivity index is 2.07. The first kappa shape index (κ1) is 13.5. The molecular formula is C12H13F3N2O2. The van der Waals surface area contributed by atoms with Crippen molar-refractivity contribution in [3.63, 3.8) is 0 Å². The van der Waals surface area contributed by atoms with Crippen LogP contribution in [0.4, 0.5) is 18.9 Å². The molecule has 1 amide bonds. The van der Waals surface area contributed by atoms with Crippen LogP contribution in [0.1, 0.15) is 29.6 Å². The Morgan fingerprint density at radius 1 is 1.37 bits per heavy atom. The van der Waals surface area contributed by atoms with E-state index in [9.17, 15) is 18.0 Å². The number of carbonyl (C=O) groups excluding carboxylic acids is 1. The smallest absolute Gasteiger partial charge is 0.404 e. The lowest BCUT2D eigenvalue weighted by atomic mass is 9.93. The summed E-state index contributed by atoms with van der Waals surface area (Å²) in [7, 11) is 0. The van der Waals surface area contributed by atoms with Gasteiger partial charge in [-0.05, 0) is 37.5 Å². The molecule has 0 radical (unpaired) electrons. The van der Waals surface area contributed by atoms with Gasteiger partial charge in [-0.2, -0.15) is 0 Å².